The van der Waals surface area contributed by atoms with Crippen molar-refractivity contribution < 1.29 is 14.3 Å². The predicted octanol–water partition coefficient (Wildman–Crippen LogP) is 3.00. The van der Waals surface area contributed by atoms with Gasteiger partial charge in [-0.15, -0.1) is 0 Å². The average Bonchev–Trinajstić information content (AvgIpc) is 3.06. The standard InChI is InChI=1S/C21H27ClN2O3/c1-23-17-13-24(14-18(17)27-12-9-19(23)25)20(26)21(10-3-2-4-11-21)15-5-7-16(22)8-6-15/h5-8,17-18H,2-4,9-14H2,1H3/t17-,18-/m0/s1. The first-order valence-electron chi connectivity index (χ1n) is 9.94. The van der Waals surface area contributed by atoms with Gasteiger partial charge in [-0.05, 0) is 30.5 Å². The Morgan fingerprint density at radius 2 is 1.85 bits per heavy atom. The van der Waals surface area contributed by atoms with Gasteiger partial charge in [0.25, 0.3) is 0 Å². The Bertz CT molecular complexity index is 715. The van der Waals surface area contributed by atoms with E-state index in [4.69, 9.17) is 16.3 Å². The van der Waals surface area contributed by atoms with Crippen LogP contribution in [0, 0.1) is 0 Å². The van der Waals surface area contributed by atoms with Gasteiger partial charge in [0.1, 0.15) is 0 Å². The van der Waals surface area contributed by atoms with Crippen molar-refractivity contribution in [1.82, 2.24) is 9.80 Å². The third-order valence-electron chi connectivity index (χ3n) is 6.58. The molecule has 0 N–H and O–H groups in total. The maximum atomic E-state index is 13.8. The van der Waals surface area contributed by atoms with Gasteiger partial charge >= 0.3 is 0 Å². The number of nitrogens with zero attached hydrogens (tertiary/aromatic N) is 2. The Hall–Kier alpha value is -1.59. The molecule has 0 spiro atoms. The van der Waals surface area contributed by atoms with Crippen LogP contribution in [0.2, 0.25) is 5.02 Å². The number of benzene rings is 1. The molecule has 3 aliphatic rings. The molecule has 3 fully saturated rings. The van der Waals surface area contributed by atoms with Gasteiger partial charge in [0.15, 0.2) is 0 Å². The SMILES string of the molecule is CN1C(=O)CCO[C@H]2CN(C(=O)C3(c4ccc(Cl)cc4)CCCCC3)C[C@@H]21. The van der Waals surface area contributed by atoms with Gasteiger partial charge in [-0.1, -0.05) is 43.0 Å². The highest BCUT2D eigenvalue weighted by molar-refractivity contribution is 6.30. The minimum absolute atomic E-state index is 0.0465. The van der Waals surface area contributed by atoms with E-state index >= 15 is 0 Å². The van der Waals surface area contributed by atoms with Crippen LogP contribution in [0.5, 0.6) is 0 Å². The first-order valence-corrected chi connectivity index (χ1v) is 10.3. The molecule has 1 saturated carbocycles. The van der Waals surface area contributed by atoms with Crippen molar-refractivity contribution in [2.45, 2.75) is 56.1 Å². The summed E-state index contributed by atoms with van der Waals surface area (Å²) in [6, 6.07) is 7.72. The molecule has 2 heterocycles. The molecule has 0 radical (unpaired) electrons. The van der Waals surface area contributed by atoms with Crippen LogP contribution in [0.25, 0.3) is 0 Å². The second kappa shape index (κ2) is 7.44. The quantitative estimate of drug-likeness (QED) is 0.780. The van der Waals surface area contributed by atoms with Crippen molar-refractivity contribution in [3.05, 3.63) is 34.9 Å². The molecule has 5 nitrogen and oxygen atoms in total. The molecule has 6 heteroatoms. The van der Waals surface area contributed by atoms with Crippen molar-refractivity contribution in [1.29, 1.82) is 0 Å². The highest BCUT2D eigenvalue weighted by Crippen LogP contribution is 2.42. The van der Waals surface area contributed by atoms with E-state index in [2.05, 4.69) is 0 Å². The van der Waals surface area contributed by atoms with Gasteiger partial charge in [0.05, 0.1) is 30.6 Å². The monoisotopic (exact) mass is 390 g/mol. The van der Waals surface area contributed by atoms with E-state index in [9.17, 15) is 9.59 Å². The summed E-state index contributed by atoms with van der Waals surface area (Å²) < 4.78 is 5.92. The Balaban J connectivity index is 1.61. The van der Waals surface area contributed by atoms with Crippen LogP contribution in [0.3, 0.4) is 0 Å². The van der Waals surface area contributed by atoms with Crippen molar-refractivity contribution >= 4 is 23.4 Å². The lowest BCUT2D eigenvalue weighted by molar-refractivity contribution is -0.139. The van der Waals surface area contributed by atoms with Crippen LogP contribution in [0.15, 0.2) is 24.3 Å². The van der Waals surface area contributed by atoms with Gasteiger partial charge in [-0.25, -0.2) is 0 Å². The highest BCUT2D eigenvalue weighted by Gasteiger charge is 2.48. The molecule has 2 amide bonds. The van der Waals surface area contributed by atoms with Crippen LogP contribution in [0.1, 0.15) is 44.1 Å². The lowest BCUT2D eigenvalue weighted by Crippen LogP contribution is -2.48. The van der Waals surface area contributed by atoms with Crippen LogP contribution in [-0.4, -0.2) is 60.5 Å². The van der Waals surface area contributed by atoms with Crippen molar-refractivity contribution in [3.63, 3.8) is 0 Å². The molecule has 1 aromatic rings. The number of carbonyl (C=O) groups excluding carboxylic acids is 2. The second-order valence-corrected chi connectivity index (χ2v) is 8.53. The van der Waals surface area contributed by atoms with Gasteiger partial charge in [-0.2, -0.15) is 0 Å². The van der Waals surface area contributed by atoms with Gasteiger partial charge in [0.2, 0.25) is 11.8 Å². The average molecular weight is 391 g/mol. The number of hydrogen-bond donors (Lipinski definition) is 0. The summed E-state index contributed by atoms with van der Waals surface area (Å²) in [5, 5.41) is 0.689. The fraction of sp³-hybridized carbons (Fsp3) is 0.619. The van der Waals surface area contributed by atoms with E-state index < -0.39 is 5.41 Å². The van der Waals surface area contributed by atoms with E-state index in [1.807, 2.05) is 36.2 Å². The molecule has 27 heavy (non-hydrogen) atoms. The molecule has 0 aromatic heterocycles. The summed E-state index contributed by atoms with van der Waals surface area (Å²) >= 11 is 6.08. The Labute approximate surface area is 165 Å². The van der Waals surface area contributed by atoms with E-state index in [0.717, 1.165) is 31.2 Å². The van der Waals surface area contributed by atoms with Crippen molar-refractivity contribution in [3.8, 4) is 0 Å². The molecular weight excluding hydrogens is 364 g/mol. The van der Waals surface area contributed by atoms with Crippen LogP contribution in [-0.2, 0) is 19.7 Å². The van der Waals surface area contributed by atoms with Crippen LogP contribution in [0.4, 0.5) is 0 Å². The fourth-order valence-electron chi connectivity index (χ4n) is 4.97. The third kappa shape index (κ3) is 3.36. The molecule has 1 aromatic carbocycles. The number of fused-ring (bicyclic) bond motifs is 1. The number of rotatable bonds is 2. The number of likely N-dealkylation sites (tertiary alicyclic amines) is 1. The lowest BCUT2D eigenvalue weighted by atomic mass is 9.68. The molecule has 2 saturated heterocycles. The topological polar surface area (TPSA) is 49.9 Å². The summed E-state index contributed by atoms with van der Waals surface area (Å²) in [6.45, 7) is 1.56. The smallest absolute Gasteiger partial charge is 0.233 e. The molecule has 0 unspecified atom stereocenters. The molecule has 146 valence electrons. The Morgan fingerprint density at radius 1 is 1.15 bits per heavy atom. The summed E-state index contributed by atoms with van der Waals surface area (Å²) in [6.07, 6.45) is 5.37. The van der Waals surface area contributed by atoms with Crippen molar-refractivity contribution in [2.24, 2.45) is 0 Å². The first-order chi connectivity index (χ1) is 13.0. The molecule has 1 aliphatic carbocycles. The van der Waals surface area contributed by atoms with Crippen LogP contribution >= 0.6 is 11.6 Å². The minimum Gasteiger partial charge on any atom is -0.374 e. The Kier molecular flexibility index (Phi) is 5.17. The van der Waals surface area contributed by atoms with Crippen molar-refractivity contribution in [2.75, 3.05) is 26.7 Å². The zero-order valence-electron chi connectivity index (χ0n) is 15.8. The third-order valence-corrected chi connectivity index (χ3v) is 6.83. The minimum atomic E-state index is -0.477. The summed E-state index contributed by atoms with van der Waals surface area (Å²) in [7, 11) is 1.83. The largest absolute Gasteiger partial charge is 0.374 e. The number of ether oxygens (including phenoxy) is 1. The molecule has 2 aliphatic heterocycles. The summed E-state index contributed by atoms with van der Waals surface area (Å²) in [4.78, 5) is 29.7. The van der Waals surface area contributed by atoms with Crippen LogP contribution < -0.4 is 0 Å². The fourth-order valence-corrected chi connectivity index (χ4v) is 5.10. The zero-order valence-corrected chi connectivity index (χ0v) is 16.6. The van der Waals surface area contributed by atoms with E-state index in [-0.39, 0.29) is 24.0 Å². The second-order valence-electron chi connectivity index (χ2n) is 8.09. The van der Waals surface area contributed by atoms with Gasteiger partial charge in [0, 0.05) is 25.2 Å². The summed E-state index contributed by atoms with van der Waals surface area (Å²) in [5.41, 5.74) is 0.587. The number of carbonyl (C=O) groups is 2. The normalized spacial score (nSPS) is 28.0. The maximum Gasteiger partial charge on any atom is 0.233 e. The maximum absolute atomic E-state index is 13.8. The van der Waals surface area contributed by atoms with Gasteiger partial charge in [-0.3, -0.25) is 9.59 Å². The Morgan fingerprint density at radius 3 is 2.56 bits per heavy atom. The first kappa shape index (κ1) is 18.8. The highest BCUT2D eigenvalue weighted by atomic mass is 35.5. The molecule has 2 atom stereocenters. The van der Waals surface area contributed by atoms with E-state index in [0.29, 0.717) is 31.1 Å². The number of hydrogen-bond acceptors (Lipinski definition) is 3. The zero-order chi connectivity index (χ0) is 19.0. The molecule has 0 bridgehead atoms. The number of amides is 2. The number of halogens is 1. The molecular formula is C21H27ClN2O3. The van der Waals surface area contributed by atoms with E-state index in [1.54, 1.807) is 4.90 Å². The van der Waals surface area contributed by atoms with Gasteiger partial charge < -0.3 is 14.5 Å². The van der Waals surface area contributed by atoms with E-state index in [1.165, 1.54) is 6.42 Å². The number of likely N-dealkylation sites (N-methyl/N-ethyl adjacent to an activating group) is 1. The summed E-state index contributed by atoms with van der Waals surface area (Å²) in [5.74, 6) is 0.281. The predicted molar refractivity (Wildman–Crippen MR) is 104 cm³/mol. The molecule has 4 rings (SSSR count). The lowest BCUT2D eigenvalue weighted by Gasteiger charge is -2.39.